The van der Waals surface area contributed by atoms with Crippen LogP contribution in [0.5, 0.6) is 0 Å². The zero-order valence-electron chi connectivity index (χ0n) is 13.4. The standard InChI is InChI=1S/C18H12N2O2S4/c21-15(25-17-19-11-5-1-3-7-13(11)23-17)9-10-16(22)26-18-20-12-6-2-4-8-14(12)24-18/h1-8H,9-10H2. The van der Waals surface area contributed by atoms with Crippen molar-refractivity contribution in [1.82, 2.24) is 9.97 Å². The number of carbonyl (C=O) groups excluding carboxylic acids is 2. The molecule has 0 aliphatic heterocycles. The minimum Gasteiger partial charge on any atom is -0.287 e. The Bertz CT molecular complexity index is 949. The molecular formula is C18H12N2O2S4. The normalized spacial score (nSPS) is 11.2. The predicted octanol–water partition coefficient (Wildman–Crippen LogP) is 5.62. The van der Waals surface area contributed by atoms with E-state index in [0.717, 1.165) is 52.6 Å². The number of thioether (sulfide) groups is 2. The van der Waals surface area contributed by atoms with Crippen LogP contribution in [0.1, 0.15) is 12.8 Å². The van der Waals surface area contributed by atoms with Crippen molar-refractivity contribution in [1.29, 1.82) is 0 Å². The van der Waals surface area contributed by atoms with E-state index in [0.29, 0.717) is 0 Å². The monoisotopic (exact) mass is 416 g/mol. The Hall–Kier alpha value is -1.74. The summed E-state index contributed by atoms with van der Waals surface area (Å²) < 4.78 is 3.57. The van der Waals surface area contributed by atoms with Crippen LogP contribution in [0.3, 0.4) is 0 Å². The first-order chi connectivity index (χ1) is 12.7. The van der Waals surface area contributed by atoms with Crippen LogP contribution >= 0.6 is 46.2 Å². The summed E-state index contributed by atoms with van der Waals surface area (Å²) >= 11 is 5.23. The third-order valence-electron chi connectivity index (χ3n) is 3.48. The second-order valence-corrected chi connectivity index (χ2v) is 10.0. The highest BCUT2D eigenvalue weighted by atomic mass is 32.2. The fourth-order valence-corrected chi connectivity index (χ4v) is 6.20. The molecule has 0 saturated carbocycles. The third kappa shape index (κ3) is 4.15. The first kappa shape index (κ1) is 17.7. The molecule has 0 N–H and O–H groups in total. The van der Waals surface area contributed by atoms with Gasteiger partial charge in [0.25, 0.3) is 0 Å². The van der Waals surface area contributed by atoms with Crippen LogP contribution in [0.15, 0.2) is 57.2 Å². The Labute approximate surface area is 166 Å². The van der Waals surface area contributed by atoms with Crippen LogP contribution in [-0.2, 0) is 9.59 Å². The Kier molecular flexibility index (Phi) is 5.35. The van der Waals surface area contributed by atoms with Crippen molar-refractivity contribution < 1.29 is 9.59 Å². The molecule has 0 bridgehead atoms. The lowest BCUT2D eigenvalue weighted by molar-refractivity contribution is -0.115. The average molecular weight is 417 g/mol. The fourth-order valence-electron chi connectivity index (χ4n) is 2.29. The van der Waals surface area contributed by atoms with Gasteiger partial charge in [0.05, 0.1) is 20.4 Å². The van der Waals surface area contributed by atoms with Crippen molar-refractivity contribution in [2.24, 2.45) is 0 Å². The van der Waals surface area contributed by atoms with Crippen molar-refractivity contribution in [3.63, 3.8) is 0 Å². The summed E-state index contributed by atoms with van der Waals surface area (Å²) in [5.41, 5.74) is 1.80. The molecule has 130 valence electrons. The number of hydrogen-bond acceptors (Lipinski definition) is 8. The zero-order valence-corrected chi connectivity index (χ0v) is 16.6. The van der Waals surface area contributed by atoms with Gasteiger partial charge in [0, 0.05) is 12.8 Å². The number of thiazole rings is 2. The number of para-hydroxylation sites is 2. The Morgan fingerprint density at radius 1 is 0.731 bits per heavy atom. The minimum atomic E-state index is -0.0395. The highest BCUT2D eigenvalue weighted by molar-refractivity contribution is 8.15. The number of carbonyl (C=O) groups is 2. The molecule has 4 aromatic rings. The molecule has 4 rings (SSSR count). The van der Waals surface area contributed by atoms with Crippen LogP contribution in [0, 0.1) is 0 Å². The van der Waals surface area contributed by atoms with Crippen LogP contribution < -0.4 is 0 Å². The van der Waals surface area contributed by atoms with Crippen LogP contribution in [-0.4, -0.2) is 20.2 Å². The van der Waals surface area contributed by atoms with Crippen molar-refractivity contribution in [3.8, 4) is 0 Å². The molecule has 0 fully saturated rings. The lowest BCUT2D eigenvalue weighted by Gasteiger charge is -1.97. The minimum absolute atomic E-state index is 0.0395. The predicted molar refractivity (Wildman–Crippen MR) is 110 cm³/mol. The number of benzene rings is 2. The first-order valence-electron chi connectivity index (χ1n) is 7.80. The molecule has 26 heavy (non-hydrogen) atoms. The van der Waals surface area contributed by atoms with E-state index < -0.39 is 0 Å². The molecule has 4 nitrogen and oxygen atoms in total. The molecule has 2 aromatic carbocycles. The number of nitrogens with zero attached hydrogens (tertiary/aromatic N) is 2. The molecule has 0 aliphatic rings. The Morgan fingerprint density at radius 3 is 1.58 bits per heavy atom. The summed E-state index contributed by atoms with van der Waals surface area (Å²) in [6.45, 7) is 0. The average Bonchev–Trinajstić information content (AvgIpc) is 3.22. The number of fused-ring (bicyclic) bond motifs is 2. The summed E-state index contributed by atoms with van der Waals surface area (Å²) in [7, 11) is 0. The van der Waals surface area contributed by atoms with Gasteiger partial charge >= 0.3 is 0 Å². The summed E-state index contributed by atoms with van der Waals surface area (Å²) in [6, 6.07) is 15.6. The van der Waals surface area contributed by atoms with Gasteiger partial charge < -0.3 is 0 Å². The quantitative estimate of drug-likeness (QED) is 0.393. The molecular weight excluding hydrogens is 404 g/mol. The maximum absolute atomic E-state index is 12.1. The van der Waals surface area contributed by atoms with Crippen molar-refractivity contribution in [2.75, 3.05) is 0 Å². The molecule has 0 spiro atoms. The smallest absolute Gasteiger partial charge is 0.196 e. The summed E-state index contributed by atoms with van der Waals surface area (Å²) in [4.78, 5) is 33.2. The fraction of sp³-hybridized carbons (Fsp3) is 0.111. The number of hydrogen-bond donors (Lipinski definition) is 0. The molecule has 0 unspecified atom stereocenters. The largest absolute Gasteiger partial charge is 0.287 e. The summed E-state index contributed by atoms with van der Waals surface area (Å²) in [5.74, 6) is 0. The van der Waals surface area contributed by atoms with Crippen LogP contribution in [0.4, 0.5) is 0 Å². The maximum Gasteiger partial charge on any atom is 0.196 e. The lowest BCUT2D eigenvalue weighted by atomic mass is 10.3. The SMILES string of the molecule is O=C(CCC(=O)Sc1nc2ccccc2s1)Sc1nc2ccccc2s1. The van der Waals surface area contributed by atoms with Crippen molar-refractivity contribution in [3.05, 3.63) is 48.5 Å². The zero-order chi connectivity index (χ0) is 17.9. The van der Waals surface area contributed by atoms with E-state index in [4.69, 9.17) is 0 Å². The van der Waals surface area contributed by atoms with Crippen LogP contribution in [0.2, 0.25) is 0 Å². The van der Waals surface area contributed by atoms with E-state index in [2.05, 4.69) is 9.97 Å². The van der Waals surface area contributed by atoms with E-state index in [1.165, 1.54) is 22.7 Å². The number of rotatable bonds is 5. The van der Waals surface area contributed by atoms with Crippen LogP contribution in [0.25, 0.3) is 20.4 Å². The first-order valence-corrected chi connectivity index (χ1v) is 11.1. The highest BCUT2D eigenvalue weighted by Crippen LogP contribution is 2.32. The van der Waals surface area contributed by atoms with E-state index in [9.17, 15) is 9.59 Å². The van der Waals surface area contributed by atoms with Gasteiger partial charge in [0.1, 0.15) is 0 Å². The topological polar surface area (TPSA) is 59.9 Å². The molecule has 0 atom stereocenters. The van der Waals surface area contributed by atoms with Gasteiger partial charge in [0.2, 0.25) is 0 Å². The molecule has 2 aromatic heterocycles. The van der Waals surface area contributed by atoms with Crippen molar-refractivity contribution >= 4 is 76.9 Å². The maximum atomic E-state index is 12.1. The molecule has 0 amide bonds. The number of aromatic nitrogens is 2. The second-order valence-electron chi connectivity index (χ2n) is 5.34. The van der Waals surface area contributed by atoms with Gasteiger partial charge in [-0.15, -0.1) is 22.7 Å². The summed E-state index contributed by atoms with van der Waals surface area (Å²) in [6.07, 6.45) is 0.411. The summed E-state index contributed by atoms with van der Waals surface area (Å²) in [5, 5.41) is -0.0791. The van der Waals surface area contributed by atoms with Crippen molar-refractivity contribution in [2.45, 2.75) is 21.5 Å². The van der Waals surface area contributed by atoms with Gasteiger partial charge in [-0.05, 0) is 47.8 Å². The molecule has 8 heteroatoms. The van der Waals surface area contributed by atoms with E-state index >= 15 is 0 Å². The lowest BCUT2D eigenvalue weighted by Crippen LogP contribution is -1.97. The Morgan fingerprint density at radius 2 is 1.15 bits per heavy atom. The van der Waals surface area contributed by atoms with E-state index in [1.54, 1.807) is 0 Å². The van der Waals surface area contributed by atoms with E-state index in [-0.39, 0.29) is 23.1 Å². The molecule has 2 heterocycles. The third-order valence-corrected chi connectivity index (χ3v) is 7.54. The van der Waals surface area contributed by atoms with Gasteiger partial charge in [-0.1, -0.05) is 24.3 Å². The van der Waals surface area contributed by atoms with Gasteiger partial charge in [-0.2, -0.15) is 0 Å². The van der Waals surface area contributed by atoms with E-state index in [1.807, 2.05) is 48.5 Å². The van der Waals surface area contributed by atoms with Gasteiger partial charge in [0.15, 0.2) is 18.9 Å². The second kappa shape index (κ2) is 7.87. The molecule has 0 aliphatic carbocycles. The molecule has 0 radical (unpaired) electrons. The Balaban J connectivity index is 1.31. The highest BCUT2D eigenvalue weighted by Gasteiger charge is 2.14. The molecule has 0 saturated heterocycles. The van der Waals surface area contributed by atoms with Gasteiger partial charge in [-0.3, -0.25) is 9.59 Å². The van der Waals surface area contributed by atoms with Gasteiger partial charge in [-0.25, -0.2) is 9.97 Å².